The van der Waals surface area contributed by atoms with Crippen LogP contribution in [0.15, 0.2) is 0 Å². The number of hydrogen-bond donors (Lipinski definition) is 0. The average Bonchev–Trinajstić information content (AvgIpc) is 3.17. The predicted molar refractivity (Wildman–Crippen MR) is 136 cm³/mol. The zero-order chi connectivity index (χ0) is 22.6. The third-order valence-corrected chi connectivity index (χ3v) is 7.40. The molecule has 0 aliphatic carbocycles. The molecule has 1 aliphatic rings. The summed E-state index contributed by atoms with van der Waals surface area (Å²) in [5.41, 5.74) is 0. The number of unbranched alkanes of at least 4 members (excludes halogenated alkanes) is 14. The Morgan fingerprint density at radius 1 is 0.645 bits per heavy atom. The predicted octanol–water partition coefficient (Wildman–Crippen LogP) is 7.73. The van der Waals surface area contributed by atoms with Crippen molar-refractivity contribution in [3.8, 4) is 0 Å². The minimum atomic E-state index is 0.389. The van der Waals surface area contributed by atoms with Crippen LogP contribution in [0.3, 0.4) is 0 Å². The molecule has 1 rings (SSSR count). The molecule has 0 aromatic carbocycles. The van der Waals surface area contributed by atoms with Crippen LogP contribution in [-0.2, 0) is 4.79 Å². The van der Waals surface area contributed by atoms with E-state index >= 15 is 0 Å². The maximum atomic E-state index is 11.9. The second-order valence-corrected chi connectivity index (χ2v) is 10.6. The highest BCUT2D eigenvalue weighted by Crippen LogP contribution is 2.16. The van der Waals surface area contributed by atoms with Gasteiger partial charge in [0.05, 0.1) is 26.7 Å². The van der Waals surface area contributed by atoms with Crippen LogP contribution in [0, 0.1) is 0 Å². The molecule has 1 aliphatic heterocycles. The monoisotopic (exact) mass is 437 g/mol. The normalized spacial score (nSPS) is 14.7. The summed E-state index contributed by atoms with van der Waals surface area (Å²) in [5.74, 6) is 0.389. The number of amides is 1. The molecule has 1 amide bonds. The summed E-state index contributed by atoms with van der Waals surface area (Å²) in [5, 5.41) is 0. The molecule has 1 fully saturated rings. The first-order chi connectivity index (χ1) is 15.1. The summed E-state index contributed by atoms with van der Waals surface area (Å²) in [6.07, 6.45) is 25.5. The summed E-state index contributed by atoms with van der Waals surface area (Å²) >= 11 is 0. The molecule has 0 unspecified atom stereocenters. The molecular weight excluding hydrogens is 380 g/mol. The number of likely N-dealkylation sites (tertiary alicyclic amines) is 1. The Labute approximate surface area is 195 Å². The van der Waals surface area contributed by atoms with E-state index in [1.165, 1.54) is 133 Å². The van der Waals surface area contributed by atoms with Gasteiger partial charge in [-0.25, -0.2) is 0 Å². The maximum absolute atomic E-state index is 11.9. The van der Waals surface area contributed by atoms with Crippen LogP contribution in [0.25, 0.3) is 0 Å². The topological polar surface area (TPSA) is 20.3 Å². The molecule has 0 atom stereocenters. The van der Waals surface area contributed by atoms with E-state index in [2.05, 4.69) is 25.8 Å². The Bertz CT molecular complexity index is 403. The highest BCUT2D eigenvalue weighted by atomic mass is 16.2. The molecule has 31 heavy (non-hydrogen) atoms. The summed E-state index contributed by atoms with van der Waals surface area (Å²) in [6.45, 7) is 10.5. The highest BCUT2D eigenvalue weighted by molar-refractivity contribution is 5.77. The van der Waals surface area contributed by atoms with Crippen molar-refractivity contribution in [3.05, 3.63) is 0 Å². The van der Waals surface area contributed by atoms with E-state index in [4.69, 9.17) is 0 Å². The summed E-state index contributed by atoms with van der Waals surface area (Å²) in [4.78, 5) is 14.0. The smallest absolute Gasteiger partial charge is 0.222 e. The largest absolute Gasteiger partial charge is 0.342 e. The van der Waals surface area contributed by atoms with Gasteiger partial charge in [0.2, 0.25) is 5.91 Å². The van der Waals surface area contributed by atoms with Gasteiger partial charge in [-0.2, -0.15) is 0 Å². The fraction of sp³-hybridized carbons (Fsp3) is 0.964. The van der Waals surface area contributed by atoms with Gasteiger partial charge < -0.3 is 9.38 Å². The van der Waals surface area contributed by atoms with Crippen LogP contribution in [0.2, 0.25) is 0 Å². The minimum Gasteiger partial charge on any atom is -0.342 e. The van der Waals surface area contributed by atoms with Gasteiger partial charge >= 0.3 is 0 Å². The van der Waals surface area contributed by atoms with E-state index in [0.717, 1.165) is 25.9 Å². The zero-order valence-electron chi connectivity index (χ0n) is 21.8. The number of nitrogens with zero attached hydrogens (tertiary/aromatic N) is 2. The lowest BCUT2D eigenvalue weighted by Gasteiger charge is -2.35. The van der Waals surface area contributed by atoms with Crippen LogP contribution >= 0.6 is 0 Å². The van der Waals surface area contributed by atoms with Crippen LogP contribution < -0.4 is 0 Å². The molecule has 0 N–H and O–H groups in total. The molecule has 184 valence electrons. The Balaban J connectivity index is 2.26. The molecule has 3 heteroatoms. The molecule has 0 aromatic heterocycles. The first-order valence-corrected chi connectivity index (χ1v) is 14.2. The molecule has 0 spiro atoms. The summed E-state index contributed by atoms with van der Waals surface area (Å²) in [6, 6.07) is 0. The van der Waals surface area contributed by atoms with Crippen molar-refractivity contribution in [2.45, 2.75) is 136 Å². The Hall–Kier alpha value is -0.570. The number of rotatable bonds is 22. The van der Waals surface area contributed by atoms with E-state index in [0.29, 0.717) is 5.91 Å². The Morgan fingerprint density at radius 3 is 1.48 bits per heavy atom. The van der Waals surface area contributed by atoms with Crippen molar-refractivity contribution >= 4 is 5.91 Å². The van der Waals surface area contributed by atoms with E-state index < -0.39 is 0 Å². The van der Waals surface area contributed by atoms with Crippen molar-refractivity contribution in [1.82, 2.24) is 4.90 Å². The van der Waals surface area contributed by atoms with Gasteiger partial charge in [-0.3, -0.25) is 4.79 Å². The van der Waals surface area contributed by atoms with E-state index in [9.17, 15) is 4.79 Å². The third-order valence-electron chi connectivity index (χ3n) is 7.40. The van der Waals surface area contributed by atoms with Crippen molar-refractivity contribution < 1.29 is 9.28 Å². The highest BCUT2D eigenvalue weighted by Gasteiger charge is 2.23. The van der Waals surface area contributed by atoms with Gasteiger partial charge in [0.25, 0.3) is 0 Å². The average molecular weight is 438 g/mol. The molecule has 1 saturated heterocycles. The molecule has 0 saturated carbocycles. The molecular formula is C28H57N2O+. The van der Waals surface area contributed by atoms with Crippen molar-refractivity contribution in [2.24, 2.45) is 0 Å². The van der Waals surface area contributed by atoms with Crippen LogP contribution in [0.1, 0.15) is 136 Å². The molecule has 3 nitrogen and oxygen atoms in total. The minimum absolute atomic E-state index is 0.389. The van der Waals surface area contributed by atoms with Gasteiger partial charge in [0.15, 0.2) is 0 Å². The fourth-order valence-electron chi connectivity index (χ4n) is 5.17. The number of hydrogen-bond acceptors (Lipinski definition) is 1. The van der Waals surface area contributed by atoms with Crippen molar-refractivity contribution in [2.75, 3.05) is 39.8 Å². The number of carbonyl (C=O) groups excluding carboxylic acids is 1. The standard InChI is InChI=1S/C28H57N2O/c1-4-6-8-10-12-14-16-18-25-30(3,26-19-17-15-13-11-9-7-5-2)27-21-24-29-23-20-22-28(29)31/h4-27H2,1-3H3/q+1. The summed E-state index contributed by atoms with van der Waals surface area (Å²) < 4.78 is 1.23. The van der Waals surface area contributed by atoms with E-state index in [-0.39, 0.29) is 0 Å². The Kier molecular flexibility index (Phi) is 17.4. The van der Waals surface area contributed by atoms with Gasteiger partial charge in [-0.15, -0.1) is 0 Å². The second kappa shape index (κ2) is 18.9. The first-order valence-electron chi connectivity index (χ1n) is 14.2. The molecule has 1 heterocycles. The SMILES string of the molecule is CCCCCCCCCC[N+](C)(CCCCCCCCCC)CCCN1CCCC1=O. The van der Waals surface area contributed by atoms with E-state index in [1.54, 1.807) is 0 Å². The quantitative estimate of drug-likeness (QED) is 0.125. The second-order valence-electron chi connectivity index (χ2n) is 10.6. The molecule has 0 aromatic rings. The van der Waals surface area contributed by atoms with Gasteiger partial charge in [0, 0.05) is 25.9 Å². The number of quaternary nitrogens is 1. The first kappa shape index (κ1) is 28.5. The van der Waals surface area contributed by atoms with Gasteiger partial charge in [-0.1, -0.05) is 90.9 Å². The van der Waals surface area contributed by atoms with Crippen molar-refractivity contribution in [1.29, 1.82) is 0 Å². The Morgan fingerprint density at radius 2 is 1.06 bits per heavy atom. The lowest BCUT2D eigenvalue weighted by Crippen LogP contribution is -2.47. The summed E-state index contributed by atoms with van der Waals surface area (Å²) in [7, 11) is 2.49. The fourth-order valence-corrected chi connectivity index (χ4v) is 5.17. The third kappa shape index (κ3) is 15.0. The zero-order valence-corrected chi connectivity index (χ0v) is 21.8. The van der Waals surface area contributed by atoms with Gasteiger partial charge in [-0.05, 0) is 32.1 Å². The molecule has 0 bridgehead atoms. The number of carbonyl (C=O) groups is 1. The van der Waals surface area contributed by atoms with Crippen LogP contribution in [0.5, 0.6) is 0 Å². The van der Waals surface area contributed by atoms with E-state index in [1.807, 2.05) is 0 Å². The van der Waals surface area contributed by atoms with Crippen LogP contribution in [0.4, 0.5) is 0 Å². The maximum Gasteiger partial charge on any atom is 0.222 e. The lowest BCUT2D eigenvalue weighted by molar-refractivity contribution is -0.910. The van der Waals surface area contributed by atoms with Crippen LogP contribution in [-0.4, -0.2) is 55.1 Å². The molecule has 0 radical (unpaired) electrons. The van der Waals surface area contributed by atoms with Gasteiger partial charge in [0.1, 0.15) is 0 Å². The van der Waals surface area contributed by atoms with Crippen molar-refractivity contribution in [3.63, 3.8) is 0 Å². The lowest BCUT2D eigenvalue weighted by atomic mass is 10.1.